The molecule has 0 spiro atoms. The number of para-hydroxylation sites is 1. The van der Waals surface area contributed by atoms with Crippen molar-refractivity contribution in [1.82, 2.24) is 19.4 Å². The van der Waals surface area contributed by atoms with Gasteiger partial charge in [0.2, 0.25) is 11.8 Å². The van der Waals surface area contributed by atoms with Gasteiger partial charge < -0.3 is 14.8 Å². The molecule has 150 valence electrons. The van der Waals surface area contributed by atoms with Crippen LogP contribution < -0.4 is 5.32 Å². The van der Waals surface area contributed by atoms with Crippen molar-refractivity contribution < 1.29 is 9.59 Å². The van der Waals surface area contributed by atoms with Gasteiger partial charge in [-0.1, -0.05) is 18.2 Å². The second kappa shape index (κ2) is 10.0. The van der Waals surface area contributed by atoms with Gasteiger partial charge in [-0.2, -0.15) is 0 Å². The average molecular weight is 383 g/mol. The lowest BCUT2D eigenvalue weighted by molar-refractivity contribution is -0.135. The van der Waals surface area contributed by atoms with Crippen molar-refractivity contribution in [3.8, 4) is 0 Å². The first-order chi connectivity index (χ1) is 13.6. The van der Waals surface area contributed by atoms with Crippen LogP contribution in [-0.2, 0) is 16.1 Å². The molecule has 7 nitrogen and oxygen atoms in total. The number of hydrogen-bond acceptors (Lipinski definition) is 4. The lowest BCUT2D eigenvalue weighted by atomic mass is 9.95. The van der Waals surface area contributed by atoms with Crippen LogP contribution in [0.1, 0.15) is 19.3 Å². The molecular formula is C21H29N5O2. The molecular weight excluding hydrogens is 354 g/mol. The maximum atomic E-state index is 12.5. The fourth-order valence-electron chi connectivity index (χ4n) is 3.51. The SMILES string of the molecule is CN(CCCn1ccnc1)CC(=O)N1CCC(C(=O)Nc2ccccc2)CC1. The number of carbonyl (C=O) groups excluding carboxylic acids is 2. The van der Waals surface area contributed by atoms with Crippen LogP contribution >= 0.6 is 0 Å². The fourth-order valence-corrected chi connectivity index (χ4v) is 3.51. The Morgan fingerprint density at radius 3 is 2.64 bits per heavy atom. The maximum absolute atomic E-state index is 12.5. The van der Waals surface area contributed by atoms with E-state index in [0.717, 1.165) is 38.0 Å². The lowest BCUT2D eigenvalue weighted by Gasteiger charge is -2.32. The molecule has 2 aromatic rings. The minimum absolute atomic E-state index is 0.0304. The third-order valence-electron chi connectivity index (χ3n) is 5.18. The Balaban J connectivity index is 1.35. The van der Waals surface area contributed by atoms with Gasteiger partial charge in [0.05, 0.1) is 12.9 Å². The van der Waals surface area contributed by atoms with E-state index >= 15 is 0 Å². The van der Waals surface area contributed by atoms with Crippen molar-refractivity contribution in [2.24, 2.45) is 5.92 Å². The molecule has 0 radical (unpaired) electrons. The number of amides is 2. The smallest absolute Gasteiger partial charge is 0.236 e. The summed E-state index contributed by atoms with van der Waals surface area (Å²) in [6, 6.07) is 9.51. The van der Waals surface area contributed by atoms with E-state index in [4.69, 9.17) is 0 Å². The van der Waals surface area contributed by atoms with E-state index in [0.29, 0.717) is 19.6 Å². The number of rotatable bonds is 8. The van der Waals surface area contributed by atoms with Gasteiger partial charge in [0.25, 0.3) is 0 Å². The van der Waals surface area contributed by atoms with Crippen molar-refractivity contribution >= 4 is 17.5 Å². The molecule has 1 aromatic heterocycles. The summed E-state index contributed by atoms with van der Waals surface area (Å²) in [5.74, 6) is 0.166. The Bertz CT molecular complexity index is 739. The largest absolute Gasteiger partial charge is 0.342 e. The second-order valence-corrected chi connectivity index (χ2v) is 7.40. The summed E-state index contributed by atoms with van der Waals surface area (Å²) in [7, 11) is 1.98. The minimum atomic E-state index is -0.0304. The molecule has 2 amide bonds. The minimum Gasteiger partial charge on any atom is -0.342 e. The van der Waals surface area contributed by atoms with E-state index in [2.05, 4.69) is 15.2 Å². The first kappa shape index (κ1) is 20.1. The van der Waals surface area contributed by atoms with Gasteiger partial charge in [-0.3, -0.25) is 14.5 Å². The number of likely N-dealkylation sites (N-methyl/N-ethyl adjacent to an activating group) is 1. The Labute approximate surface area is 166 Å². The quantitative estimate of drug-likeness (QED) is 0.758. The molecule has 1 aliphatic rings. The predicted octanol–water partition coefficient (Wildman–Crippen LogP) is 2.08. The molecule has 7 heteroatoms. The topological polar surface area (TPSA) is 70.5 Å². The van der Waals surface area contributed by atoms with Crippen LogP contribution in [0.15, 0.2) is 49.1 Å². The summed E-state index contributed by atoms with van der Waals surface area (Å²) in [4.78, 5) is 32.9. The summed E-state index contributed by atoms with van der Waals surface area (Å²) in [6.07, 6.45) is 7.94. The first-order valence-corrected chi connectivity index (χ1v) is 9.90. The number of aryl methyl sites for hydroxylation is 1. The summed E-state index contributed by atoms with van der Waals surface area (Å²) < 4.78 is 2.04. The van der Waals surface area contributed by atoms with Crippen LogP contribution in [0.25, 0.3) is 0 Å². The number of likely N-dealkylation sites (tertiary alicyclic amines) is 1. The lowest BCUT2D eigenvalue weighted by Crippen LogP contribution is -2.45. The highest BCUT2D eigenvalue weighted by atomic mass is 16.2. The number of nitrogens with zero attached hydrogens (tertiary/aromatic N) is 4. The Hall–Kier alpha value is -2.67. The van der Waals surface area contributed by atoms with E-state index in [1.807, 2.05) is 59.4 Å². The molecule has 3 rings (SSSR count). The zero-order valence-electron chi connectivity index (χ0n) is 16.5. The Morgan fingerprint density at radius 2 is 1.96 bits per heavy atom. The molecule has 1 aliphatic heterocycles. The summed E-state index contributed by atoms with van der Waals surface area (Å²) in [6.45, 7) is 3.48. The highest BCUT2D eigenvalue weighted by Crippen LogP contribution is 2.19. The zero-order chi connectivity index (χ0) is 19.8. The number of aromatic nitrogens is 2. The number of nitrogens with one attached hydrogen (secondary N) is 1. The molecule has 1 aromatic carbocycles. The number of imidazole rings is 1. The van der Waals surface area contributed by atoms with Crippen LogP contribution in [-0.4, -0.2) is 64.4 Å². The van der Waals surface area contributed by atoms with E-state index in [1.165, 1.54) is 0 Å². The van der Waals surface area contributed by atoms with Crippen LogP contribution in [0.3, 0.4) is 0 Å². The second-order valence-electron chi connectivity index (χ2n) is 7.40. The van der Waals surface area contributed by atoms with Crippen LogP contribution in [0.2, 0.25) is 0 Å². The van der Waals surface area contributed by atoms with Gasteiger partial charge in [0.15, 0.2) is 0 Å². The normalized spacial score (nSPS) is 15.0. The van der Waals surface area contributed by atoms with E-state index < -0.39 is 0 Å². The van der Waals surface area contributed by atoms with E-state index in [1.54, 1.807) is 6.20 Å². The van der Waals surface area contributed by atoms with E-state index in [9.17, 15) is 9.59 Å². The molecule has 28 heavy (non-hydrogen) atoms. The number of piperidine rings is 1. The number of hydrogen-bond donors (Lipinski definition) is 1. The molecule has 1 N–H and O–H groups in total. The van der Waals surface area contributed by atoms with Crippen molar-refractivity contribution in [2.75, 3.05) is 38.5 Å². The molecule has 0 saturated carbocycles. The molecule has 0 unspecified atom stereocenters. The van der Waals surface area contributed by atoms with Crippen LogP contribution in [0, 0.1) is 5.92 Å². The maximum Gasteiger partial charge on any atom is 0.236 e. The summed E-state index contributed by atoms with van der Waals surface area (Å²) >= 11 is 0. The monoisotopic (exact) mass is 383 g/mol. The van der Waals surface area contributed by atoms with Gasteiger partial charge in [-0.25, -0.2) is 4.98 Å². The highest BCUT2D eigenvalue weighted by molar-refractivity contribution is 5.92. The molecule has 2 heterocycles. The molecule has 0 aliphatic carbocycles. The first-order valence-electron chi connectivity index (χ1n) is 9.90. The molecule has 1 fully saturated rings. The third kappa shape index (κ3) is 5.92. The van der Waals surface area contributed by atoms with Crippen molar-refractivity contribution in [2.45, 2.75) is 25.8 Å². The number of carbonyl (C=O) groups is 2. The van der Waals surface area contributed by atoms with Gasteiger partial charge in [-0.05, 0) is 38.4 Å². The van der Waals surface area contributed by atoms with Crippen LogP contribution in [0.4, 0.5) is 5.69 Å². The van der Waals surface area contributed by atoms with Gasteiger partial charge in [0.1, 0.15) is 0 Å². The van der Waals surface area contributed by atoms with Crippen molar-refractivity contribution in [3.05, 3.63) is 49.1 Å². The van der Waals surface area contributed by atoms with Crippen molar-refractivity contribution in [3.63, 3.8) is 0 Å². The Kier molecular flexibility index (Phi) is 7.19. The van der Waals surface area contributed by atoms with Gasteiger partial charge in [-0.15, -0.1) is 0 Å². The predicted molar refractivity (Wildman–Crippen MR) is 109 cm³/mol. The number of benzene rings is 1. The highest BCUT2D eigenvalue weighted by Gasteiger charge is 2.27. The molecule has 0 atom stereocenters. The fraction of sp³-hybridized carbons (Fsp3) is 0.476. The summed E-state index contributed by atoms with van der Waals surface area (Å²) in [5.41, 5.74) is 0.823. The van der Waals surface area contributed by atoms with Gasteiger partial charge in [0, 0.05) is 50.2 Å². The van der Waals surface area contributed by atoms with Crippen molar-refractivity contribution in [1.29, 1.82) is 0 Å². The summed E-state index contributed by atoms with van der Waals surface area (Å²) in [5, 5.41) is 2.97. The zero-order valence-corrected chi connectivity index (χ0v) is 16.5. The van der Waals surface area contributed by atoms with E-state index in [-0.39, 0.29) is 17.7 Å². The number of anilines is 1. The van der Waals surface area contributed by atoms with Crippen LogP contribution in [0.5, 0.6) is 0 Å². The third-order valence-corrected chi connectivity index (χ3v) is 5.18. The van der Waals surface area contributed by atoms with Gasteiger partial charge >= 0.3 is 0 Å². The Morgan fingerprint density at radius 1 is 1.21 bits per heavy atom. The standard InChI is InChI=1S/C21H29N5O2/c1-24(11-5-12-25-15-10-22-17-25)16-20(27)26-13-8-18(9-14-26)21(28)23-19-6-3-2-4-7-19/h2-4,6-7,10,15,17-18H,5,8-9,11-14,16H2,1H3,(H,23,28). The molecule has 1 saturated heterocycles. The average Bonchev–Trinajstić information content (AvgIpc) is 3.22. The molecule has 0 bridgehead atoms.